The van der Waals surface area contributed by atoms with Crippen LogP contribution in [0.5, 0.6) is 11.5 Å². The van der Waals surface area contributed by atoms with Gasteiger partial charge in [0, 0.05) is 11.9 Å². The van der Waals surface area contributed by atoms with Crippen molar-refractivity contribution in [1.82, 2.24) is 4.98 Å². The lowest BCUT2D eigenvalue weighted by atomic mass is 10.1. The fraction of sp³-hybridized carbons (Fsp3) is 0.250. The van der Waals surface area contributed by atoms with Crippen molar-refractivity contribution in [2.75, 3.05) is 30.5 Å². The summed E-state index contributed by atoms with van der Waals surface area (Å²) in [6.45, 7) is 1.78. The van der Waals surface area contributed by atoms with Gasteiger partial charge in [-0.1, -0.05) is 12.1 Å². The van der Waals surface area contributed by atoms with Crippen molar-refractivity contribution in [3.05, 3.63) is 71.4 Å². The minimum atomic E-state index is -4.65. The molecule has 7 nitrogen and oxygen atoms in total. The maximum Gasteiger partial charge on any atom is 0.420 e. The number of methoxy groups -OCH3 is 1. The number of halogens is 3. The molecule has 1 atom stereocenters. The highest BCUT2D eigenvalue weighted by atomic mass is 19.4. The lowest BCUT2D eigenvalue weighted by Gasteiger charge is -2.37. The number of benzene rings is 2. The molecule has 0 saturated heterocycles. The molecule has 0 radical (unpaired) electrons. The number of alkyl halides is 3. The van der Waals surface area contributed by atoms with Crippen molar-refractivity contribution in [3.63, 3.8) is 0 Å². The van der Waals surface area contributed by atoms with E-state index in [1.54, 1.807) is 29.3 Å². The van der Waals surface area contributed by atoms with Gasteiger partial charge in [0.1, 0.15) is 18.2 Å². The van der Waals surface area contributed by atoms with Crippen LogP contribution < -0.4 is 19.7 Å². The van der Waals surface area contributed by atoms with Crippen LogP contribution >= 0.6 is 0 Å². The Labute approximate surface area is 193 Å². The van der Waals surface area contributed by atoms with E-state index in [2.05, 4.69) is 10.3 Å². The molecule has 0 bridgehead atoms. The Bertz CT molecular complexity index is 1200. The molecule has 0 aliphatic carbocycles. The van der Waals surface area contributed by atoms with E-state index in [9.17, 15) is 23.1 Å². The number of aliphatic hydroxyl groups excluding tert-OH is 1. The highest BCUT2D eigenvalue weighted by Gasteiger charge is 2.35. The van der Waals surface area contributed by atoms with Crippen LogP contribution in [0.4, 0.5) is 30.4 Å². The number of nitrogens with zero attached hydrogens (tertiary/aromatic N) is 2. The number of carbonyl (C=O) groups is 1. The van der Waals surface area contributed by atoms with Crippen LogP contribution in [0.3, 0.4) is 0 Å². The molecule has 0 spiro atoms. The van der Waals surface area contributed by atoms with Crippen LogP contribution in [0.2, 0.25) is 0 Å². The van der Waals surface area contributed by atoms with Crippen LogP contribution in [0.15, 0.2) is 54.7 Å². The van der Waals surface area contributed by atoms with E-state index < -0.39 is 23.7 Å². The average molecular weight is 473 g/mol. The molecule has 1 unspecified atom stereocenters. The normalized spacial score (nSPS) is 15.4. The summed E-state index contributed by atoms with van der Waals surface area (Å²) in [6, 6.07) is 11.4. The Hall–Kier alpha value is -3.79. The van der Waals surface area contributed by atoms with E-state index in [1.165, 1.54) is 12.1 Å². The Kier molecular flexibility index (Phi) is 6.34. The van der Waals surface area contributed by atoms with Gasteiger partial charge in [0.25, 0.3) is 5.91 Å². The second kappa shape index (κ2) is 9.22. The number of carbonyl (C=O) groups excluding carboxylic acids is 1. The molecular weight excluding hydrogens is 451 g/mol. The maximum absolute atomic E-state index is 13.4. The van der Waals surface area contributed by atoms with Crippen LogP contribution in [-0.2, 0) is 6.18 Å². The molecule has 1 amide bonds. The fourth-order valence-electron chi connectivity index (χ4n) is 3.75. The zero-order valence-electron chi connectivity index (χ0n) is 18.4. The standard InChI is InChI=1S/C24H22F3N3O4/c1-14-6-9-21(28-11-14)30-16(12-31)13-34-22-17(4-3-5-19(22)30)23(32)29-15-7-8-20(33-2)18(10-15)24(25,26)27/h3-11,16,31H,12-13H2,1-2H3,(H,29,32). The number of fused-ring (bicyclic) bond motifs is 1. The number of amides is 1. The molecule has 1 aromatic heterocycles. The zero-order chi connectivity index (χ0) is 24.5. The molecule has 0 saturated carbocycles. The number of ether oxygens (including phenoxy) is 2. The summed E-state index contributed by atoms with van der Waals surface area (Å²) in [6.07, 6.45) is -2.96. The van der Waals surface area contributed by atoms with E-state index in [0.717, 1.165) is 24.8 Å². The Morgan fingerprint density at radius 3 is 2.71 bits per heavy atom. The van der Waals surface area contributed by atoms with Crippen molar-refractivity contribution in [2.24, 2.45) is 0 Å². The quantitative estimate of drug-likeness (QED) is 0.565. The van der Waals surface area contributed by atoms with Crippen molar-refractivity contribution in [3.8, 4) is 11.5 Å². The van der Waals surface area contributed by atoms with Gasteiger partial charge in [-0.25, -0.2) is 4.98 Å². The molecule has 1 aliphatic rings. The largest absolute Gasteiger partial charge is 0.496 e. The number of pyridine rings is 1. The summed E-state index contributed by atoms with van der Waals surface area (Å²) in [5, 5.41) is 12.4. The summed E-state index contributed by atoms with van der Waals surface area (Å²) in [7, 11) is 1.14. The molecule has 10 heteroatoms. The predicted molar refractivity (Wildman–Crippen MR) is 120 cm³/mol. The van der Waals surface area contributed by atoms with Crippen molar-refractivity contribution in [1.29, 1.82) is 0 Å². The van der Waals surface area contributed by atoms with Crippen molar-refractivity contribution >= 4 is 23.1 Å². The molecular formula is C24H22F3N3O4. The molecule has 2 N–H and O–H groups in total. The van der Waals surface area contributed by atoms with E-state index in [0.29, 0.717) is 11.5 Å². The van der Waals surface area contributed by atoms with E-state index >= 15 is 0 Å². The Morgan fingerprint density at radius 1 is 1.26 bits per heavy atom. The second-order valence-electron chi connectivity index (χ2n) is 7.73. The van der Waals surface area contributed by atoms with Gasteiger partial charge in [-0.15, -0.1) is 0 Å². The SMILES string of the molecule is COc1ccc(NC(=O)c2cccc3c2OCC(CO)N3c2ccc(C)cn2)cc1C(F)(F)F. The van der Waals surface area contributed by atoms with Gasteiger partial charge in [0.05, 0.1) is 36.6 Å². The summed E-state index contributed by atoms with van der Waals surface area (Å²) < 4.78 is 50.7. The van der Waals surface area contributed by atoms with Gasteiger partial charge in [0.2, 0.25) is 0 Å². The molecule has 3 aromatic rings. The lowest BCUT2D eigenvalue weighted by molar-refractivity contribution is -0.138. The first kappa shape index (κ1) is 23.4. The van der Waals surface area contributed by atoms with Crippen LogP contribution in [-0.4, -0.2) is 42.4 Å². The number of hydrogen-bond acceptors (Lipinski definition) is 6. The van der Waals surface area contributed by atoms with Gasteiger partial charge < -0.3 is 24.8 Å². The van der Waals surface area contributed by atoms with E-state index in [-0.39, 0.29) is 36.0 Å². The summed E-state index contributed by atoms with van der Waals surface area (Å²) in [5.41, 5.74) is 0.567. The third kappa shape index (κ3) is 4.49. The molecule has 1 aliphatic heterocycles. The topological polar surface area (TPSA) is 83.9 Å². The maximum atomic E-state index is 13.4. The number of para-hydroxylation sites is 1. The first-order valence-electron chi connectivity index (χ1n) is 10.4. The number of aryl methyl sites for hydroxylation is 1. The number of rotatable bonds is 5. The summed E-state index contributed by atoms with van der Waals surface area (Å²) in [4.78, 5) is 19.3. The van der Waals surface area contributed by atoms with Gasteiger partial charge in [-0.2, -0.15) is 13.2 Å². The molecule has 2 aromatic carbocycles. The first-order valence-corrected chi connectivity index (χ1v) is 10.4. The lowest BCUT2D eigenvalue weighted by Crippen LogP contribution is -2.43. The predicted octanol–water partition coefficient (Wildman–Crippen LogP) is 4.56. The molecule has 34 heavy (non-hydrogen) atoms. The van der Waals surface area contributed by atoms with Crippen molar-refractivity contribution in [2.45, 2.75) is 19.1 Å². The molecule has 178 valence electrons. The van der Waals surface area contributed by atoms with Gasteiger partial charge >= 0.3 is 6.18 Å². The van der Waals surface area contributed by atoms with Crippen LogP contribution in [0.25, 0.3) is 0 Å². The van der Waals surface area contributed by atoms with Crippen LogP contribution in [0, 0.1) is 6.92 Å². The van der Waals surface area contributed by atoms with Gasteiger partial charge in [-0.3, -0.25) is 4.79 Å². The minimum absolute atomic E-state index is 0.0446. The molecule has 0 fully saturated rings. The summed E-state index contributed by atoms with van der Waals surface area (Å²) >= 11 is 0. The van der Waals surface area contributed by atoms with Gasteiger partial charge in [-0.05, 0) is 48.9 Å². The first-order chi connectivity index (χ1) is 16.2. The highest BCUT2D eigenvalue weighted by Crippen LogP contribution is 2.41. The smallest absolute Gasteiger partial charge is 0.420 e. The zero-order valence-corrected chi connectivity index (χ0v) is 18.4. The summed E-state index contributed by atoms with van der Waals surface area (Å²) in [5.74, 6) is -0.176. The Morgan fingerprint density at radius 2 is 2.06 bits per heavy atom. The van der Waals surface area contributed by atoms with Crippen LogP contribution in [0.1, 0.15) is 21.5 Å². The van der Waals surface area contributed by atoms with Crippen molar-refractivity contribution < 1.29 is 32.5 Å². The van der Waals surface area contributed by atoms with Gasteiger partial charge in [0.15, 0.2) is 5.75 Å². The monoisotopic (exact) mass is 473 g/mol. The third-order valence-electron chi connectivity index (χ3n) is 5.40. The second-order valence-corrected chi connectivity index (χ2v) is 7.73. The minimum Gasteiger partial charge on any atom is -0.496 e. The fourth-order valence-corrected chi connectivity index (χ4v) is 3.75. The number of anilines is 3. The number of aromatic nitrogens is 1. The van der Waals surface area contributed by atoms with E-state index in [4.69, 9.17) is 9.47 Å². The van der Waals surface area contributed by atoms with E-state index in [1.807, 2.05) is 13.0 Å². The number of nitrogens with one attached hydrogen (secondary N) is 1. The number of aliphatic hydroxyl groups is 1. The molecule has 4 rings (SSSR count). The molecule has 2 heterocycles. The third-order valence-corrected chi connectivity index (χ3v) is 5.40. The average Bonchev–Trinajstić information content (AvgIpc) is 2.82. The number of hydrogen-bond donors (Lipinski definition) is 2. The highest BCUT2D eigenvalue weighted by molar-refractivity contribution is 6.07. The Balaban J connectivity index is 1.69.